The van der Waals surface area contributed by atoms with Crippen LogP contribution in [-0.2, 0) is 20.4 Å². The summed E-state index contributed by atoms with van der Waals surface area (Å²) in [7, 11) is 0. The number of amides is 2. The van der Waals surface area contributed by atoms with E-state index in [-0.39, 0.29) is 23.0 Å². The predicted molar refractivity (Wildman–Crippen MR) is 114 cm³/mol. The minimum atomic E-state index is -0.669. The van der Waals surface area contributed by atoms with Crippen LogP contribution in [0.3, 0.4) is 0 Å². The summed E-state index contributed by atoms with van der Waals surface area (Å²) in [5.74, 6) is -0.354. The van der Waals surface area contributed by atoms with Gasteiger partial charge in [0, 0.05) is 25.0 Å². The summed E-state index contributed by atoms with van der Waals surface area (Å²) >= 11 is 0. The number of likely N-dealkylation sites (tertiary alicyclic amines) is 1. The van der Waals surface area contributed by atoms with E-state index in [1.807, 2.05) is 36.4 Å². The third-order valence-electron chi connectivity index (χ3n) is 6.74. The second-order valence-electron chi connectivity index (χ2n) is 8.45. The number of hydrogen-bond acceptors (Lipinski definition) is 2. The van der Waals surface area contributed by atoms with Crippen molar-refractivity contribution in [3.8, 4) is 0 Å². The molecule has 1 aliphatic heterocycles. The monoisotopic (exact) mass is 406 g/mol. The number of carbonyl (C=O) groups excluding carboxylic acids is 2. The maximum absolute atomic E-state index is 13.7. The van der Waals surface area contributed by atoms with Gasteiger partial charge in [-0.2, -0.15) is 0 Å². The van der Waals surface area contributed by atoms with Crippen LogP contribution in [0.25, 0.3) is 0 Å². The van der Waals surface area contributed by atoms with Gasteiger partial charge in [0.2, 0.25) is 11.8 Å². The number of nitrogens with one attached hydrogen (secondary N) is 1. The molecule has 2 aliphatic rings. The first kappa shape index (κ1) is 20.3. The SMILES string of the molecule is C=CC(=O)N1CCC(C(=O)NCC2(c3cccc(F)c3)CC2)(c2ccccc2)CC1. The third-order valence-corrected chi connectivity index (χ3v) is 6.74. The Bertz CT molecular complexity index is 945. The van der Waals surface area contributed by atoms with Crippen LogP contribution in [0.4, 0.5) is 4.39 Å². The van der Waals surface area contributed by atoms with Crippen molar-refractivity contribution in [2.24, 2.45) is 0 Å². The van der Waals surface area contributed by atoms with Crippen molar-refractivity contribution in [3.05, 3.63) is 84.2 Å². The van der Waals surface area contributed by atoms with Gasteiger partial charge in [-0.15, -0.1) is 0 Å². The van der Waals surface area contributed by atoms with Gasteiger partial charge in [0.05, 0.1) is 5.41 Å². The Morgan fingerprint density at radius 2 is 1.67 bits per heavy atom. The zero-order valence-electron chi connectivity index (χ0n) is 17.1. The van der Waals surface area contributed by atoms with Gasteiger partial charge in [-0.25, -0.2) is 4.39 Å². The Morgan fingerprint density at radius 3 is 2.27 bits per heavy atom. The molecule has 2 amide bonds. The third kappa shape index (κ3) is 3.76. The number of rotatable bonds is 6. The number of hydrogen-bond donors (Lipinski definition) is 1. The average molecular weight is 407 g/mol. The van der Waals surface area contributed by atoms with Crippen molar-refractivity contribution in [1.82, 2.24) is 10.2 Å². The summed E-state index contributed by atoms with van der Waals surface area (Å²) < 4.78 is 13.7. The quantitative estimate of drug-likeness (QED) is 0.744. The van der Waals surface area contributed by atoms with Gasteiger partial charge >= 0.3 is 0 Å². The molecule has 1 N–H and O–H groups in total. The van der Waals surface area contributed by atoms with Crippen molar-refractivity contribution >= 4 is 11.8 Å². The van der Waals surface area contributed by atoms with Crippen LogP contribution in [0.1, 0.15) is 36.8 Å². The molecule has 156 valence electrons. The summed E-state index contributed by atoms with van der Waals surface area (Å²) in [6, 6.07) is 16.5. The van der Waals surface area contributed by atoms with Crippen molar-refractivity contribution in [2.75, 3.05) is 19.6 Å². The van der Waals surface area contributed by atoms with E-state index in [0.717, 1.165) is 24.0 Å². The Kier molecular flexibility index (Phi) is 5.46. The maximum Gasteiger partial charge on any atom is 0.245 e. The van der Waals surface area contributed by atoms with E-state index in [2.05, 4.69) is 11.9 Å². The summed E-state index contributed by atoms with van der Waals surface area (Å²) in [4.78, 5) is 27.3. The van der Waals surface area contributed by atoms with Crippen LogP contribution < -0.4 is 5.32 Å². The van der Waals surface area contributed by atoms with E-state index in [1.54, 1.807) is 17.0 Å². The standard InChI is InChI=1S/C25H27FN2O2/c1-2-22(29)28-15-13-25(14-16-28,19-7-4-3-5-8-19)23(30)27-18-24(11-12-24)20-9-6-10-21(26)17-20/h2-10,17H,1,11-16,18H2,(H,27,30). The predicted octanol–water partition coefficient (Wildman–Crippen LogP) is 3.72. The average Bonchev–Trinajstić information content (AvgIpc) is 3.59. The lowest BCUT2D eigenvalue weighted by Gasteiger charge is -2.41. The van der Waals surface area contributed by atoms with E-state index in [9.17, 15) is 14.0 Å². The molecular weight excluding hydrogens is 379 g/mol. The van der Waals surface area contributed by atoms with Crippen molar-refractivity contribution < 1.29 is 14.0 Å². The highest BCUT2D eigenvalue weighted by molar-refractivity contribution is 5.90. The molecule has 0 bridgehead atoms. The normalized spacial score (nSPS) is 19.0. The second-order valence-corrected chi connectivity index (χ2v) is 8.45. The largest absolute Gasteiger partial charge is 0.354 e. The van der Waals surface area contributed by atoms with Gasteiger partial charge < -0.3 is 10.2 Å². The van der Waals surface area contributed by atoms with Crippen LogP contribution >= 0.6 is 0 Å². The van der Waals surface area contributed by atoms with Crippen molar-refractivity contribution in [1.29, 1.82) is 0 Å². The zero-order chi connectivity index (χ0) is 21.2. The van der Waals surface area contributed by atoms with Gasteiger partial charge in [-0.05, 0) is 55.0 Å². The highest BCUT2D eigenvalue weighted by atomic mass is 19.1. The molecular formula is C25H27FN2O2. The van der Waals surface area contributed by atoms with Gasteiger partial charge in [0.1, 0.15) is 5.82 Å². The number of halogens is 1. The first-order valence-electron chi connectivity index (χ1n) is 10.5. The minimum absolute atomic E-state index is 0.0120. The fourth-order valence-corrected chi connectivity index (χ4v) is 4.60. The van der Waals surface area contributed by atoms with E-state index in [0.29, 0.717) is 32.5 Å². The second kappa shape index (κ2) is 8.05. The fraction of sp³-hybridized carbons (Fsp3) is 0.360. The van der Waals surface area contributed by atoms with Gasteiger partial charge in [-0.3, -0.25) is 9.59 Å². The lowest BCUT2D eigenvalue weighted by molar-refractivity contribution is -0.134. The Morgan fingerprint density at radius 1 is 1.00 bits per heavy atom. The first-order chi connectivity index (χ1) is 14.5. The number of carbonyl (C=O) groups is 2. The maximum atomic E-state index is 13.7. The Labute approximate surface area is 176 Å². The lowest BCUT2D eigenvalue weighted by atomic mass is 9.71. The molecule has 0 aromatic heterocycles. The molecule has 1 saturated heterocycles. The van der Waals surface area contributed by atoms with E-state index < -0.39 is 5.41 Å². The highest BCUT2D eigenvalue weighted by Crippen LogP contribution is 2.48. The van der Waals surface area contributed by atoms with Crippen LogP contribution in [0.15, 0.2) is 67.3 Å². The van der Waals surface area contributed by atoms with Gasteiger partial charge in [-0.1, -0.05) is 49.0 Å². The minimum Gasteiger partial charge on any atom is -0.354 e. The van der Waals surface area contributed by atoms with E-state index in [4.69, 9.17) is 0 Å². The van der Waals surface area contributed by atoms with E-state index >= 15 is 0 Å². The number of piperidine rings is 1. The molecule has 1 heterocycles. The van der Waals surface area contributed by atoms with Crippen molar-refractivity contribution in [3.63, 3.8) is 0 Å². The molecule has 1 aliphatic carbocycles. The topological polar surface area (TPSA) is 49.4 Å². The Balaban J connectivity index is 1.53. The zero-order valence-corrected chi connectivity index (χ0v) is 17.1. The Hall–Kier alpha value is -2.95. The fourth-order valence-electron chi connectivity index (χ4n) is 4.60. The molecule has 0 spiro atoms. The molecule has 4 rings (SSSR count). The van der Waals surface area contributed by atoms with Gasteiger partial charge in [0.25, 0.3) is 0 Å². The smallest absolute Gasteiger partial charge is 0.245 e. The van der Waals surface area contributed by atoms with Crippen LogP contribution in [-0.4, -0.2) is 36.3 Å². The molecule has 4 nitrogen and oxygen atoms in total. The molecule has 0 atom stereocenters. The molecule has 2 aromatic carbocycles. The molecule has 1 saturated carbocycles. The number of benzene rings is 2. The molecule has 0 unspecified atom stereocenters. The number of nitrogens with zero attached hydrogens (tertiary/aromatic N) is 1. The highest BCUT2D eigenvalue weighted by Gasteiger charge is 2.47. The lowest BCUT2D eigenvalue weighted by Crippen LogP contribution is -2.53. The molecule has 0 radical (unpaired) electrons. The summed E-state index contributed by atoms with van der Waals surface area (Å²) in [5, 5.41) is 3.19. The summed E-state index contributed by atoms with van der Waals surface area (Å²) in [6.45, 7) is 5.10. The van der Waals surface area contributed by atoms with Crippen LogP contribution in [0.2, 0.25) is 0 Å². The summed E-state index contributed by atoms with van der Waals surface area (Å²) in [6.07, 6.45) is 4.34. The molecule has 30 heavy (non-hydrogen) atoms. The summed E-state index contributed by atoms with van der Waals surface area (Å²) in [5.41, 5.74) is 1.08. The van der Waals surface area contributed by atoms with Gasteiger partial charge in [0.15, 0.2) is 0 Å². The van der Waals surface area contributed by atoms with E-state index in [1.165, 1.54) is 12.1 Å². The first-order valence-corrected chi connectivity index (χ1v) is 10.5. The molecule has 2 fully saturated rings. The van der Waals surface area contributed by atoms with Crippen molar-refractivity contribution in [2.45, 2.75) is 36.5 Å². The molecule has 2 aromatic rings. The van der Waals surface area contributed by atoms with Crippen LogP contribution in [0.5, 0.6) is 0 Å². The molecule has 5 heteroatoms. The van der Waals surface area contributed by atoms with Crippen LogP contribution in [0, 0.1) is 5.82 Å².